The predicted octanol–water partition coefficient (Wildman–Crippen LogP) is 3.33. The second kappa shape index (κ2) is 6.57. The van der Waals surface area contributed by atoms with Gasteiger partial charge in [-0.05, 0) is 19.8 Å². The Labute approximate surface area is 117 Å². The van der Waals surface area contributed by atoms with E-state index in [0.29, 0.717) is 11.8 Å². The highest BCUT2D eigenvalue weighted by atomic mass is 32.2. The van der Waals surface area contributed by atoms with E-state index in [1.54, 1.807) is 23.1 Å². The summed E-state index contributed by atoms with van der Waals surface area (Å²) in [5, 5.41) is 2.03. The monoisotopic (exact) mass is 284 g/mol. The Balaban J connectivity index is 1.79. The largest absolute Gasteiger partial charge is 0.342 e. The van der Waals surface area contributed by atoms with E-state index in [9.17, 15) is 4.79 Å². The highest BCUT2D eigenvalue weighted by Gasteiger charge is 2.22. The molecule has 0 N–H and O–H groups in total. The molecule has 0 saturated heterocycles. The molecule has 1 aliphatic rings. The Morgan fingerprint density at radius 1 is 1.50 bits per heavy atom. The van der Waals surface area contributed by atoms with Crippen LogP contribution in [0.3, 0.4) is 0 Å². The number of rotatable bonds is 4. The Morgan fingerprint density at radius 2 is 2.22 bits per heavy atom. The van der Waals surface area contributed by atoms with Crippen molar-refractivity contribution in [2.24, 2.45) is 0 Å². The lowest BCUT2D eigenvalue weighted by atomic mass is 9.94. The molecule has 1 fully saturated rings. The number of carbonyl (C=O) groups is 1. The fourth-order valence-corrected chi connectivity index (χ4v) is 4.07. The number of hydrogen-bond acceptors (Lipinski definition) is 4. The minimum atomic E-state index is 0.236. The molecule has 5 heteroatoms. The zero-order valence-corrected chi connectivity index (χ0v) is 12.6. The first-order chi connectivity index (χ1) is 8.66. The molecule has 1 heterocycles. The normalized spacial score (nSPS) is 16.8. The average molecular weight is 284 g/mol. The maximum absolute atomic E-state index is 12.1. The van der Waals surface area contributed by atoms with Crippen molar-refractivity contribution in [1.82, 2.24) is 9.88 Å². The molecule has 1 aromatic rings. The van der Waals surface area contributed by atoms with Crippen LogP contribution in [0.5, 0.6) is 0 Å². The van der Waals surface area contributed by atoms with E-state index in [0.717, 1.165) is 10.0 Å². The SMILES string of the molecule is Cc1csc(SCC(=O)N(C)C2CCCCC2)n1. The van der Waals surface area contributed by atoms with Crippen LogP contribution in [0, 0.1) is 6.92 Å². The first-order valence-electron chi connectivity index (χ1n) is 6.47. The molecule has 0 bridgehead atoms. The van der Waals surface area contributed by atoms with E-state index in [2.05, 4.69) is 4.98 Å². The summed E-state index contributed by atoms with van der Waals surface area (Å²) in [6.45, 7) is 1.98. The molecule has 0 unspecified atom stereocenters. The van der Waals surface area contributed by atoms with Crippen LogP contribution in [0.4, 0.5) is 0 Å². The lowest BCUT2D eigenvalue weighted by Gasteiger charge is -2.31. The van der Waals surface area contributed by atoms with Gasteiger partial charge in [-0.25, -0.2) is 4.98 Å². The van der Waals surface area contributed by atoms with Crippen molar-refractivity contribution < 1.29 is 4.79 Å². The van der Waals surface area contributed by atoms with E-state index < -0.39 is 0 Å². The molecule has 0 radical (unpaired) electrons. The van der Waals surface area contributed by atoms with Gasteiger partial charge >= 0.3 is 0 Å². The molecule has 1 aliphatic carbocycles. The molecule has 1 amide bonds. The van der Waals surface area contributed by atoms with E-state index in [1.807, 2.05) is 24.3 Å². The third-order valence-electron chi connectivity index (χ3n) is 3.43. The number of nitrogens with zero attached hydrogens (tertiary/aromatic N) is 2. The van der Waals surface area contributed by atoms with Crippen molar-refractivity contribution in [3.8, 4) is 0 Å². The van der Waals surface area contributed by atoms with Crippen molar-refractivity contribution >= 4 is 29.0 Å². The number of carbonyl (C=O) groups excluding carboxylic acids is 1. The van der Waals surface area contributed by atoms with Crippen LogP contribution >= 0.6 is 23.1 Å². The van der Waals surface area contributed by atoms with Crippen molar-refractivity contribution in [1.29, 1.82) is 0 Å². The Morgan fingerprint density at radius 3 is 2.83 bits per heavy atom. The molecule has 1 aromatic heterocycles. The number of thioether (sulfide) groups is 1. The fourth-order valence-electron chi connectivity index (χ4n) is 2.30. The Bertz CT molecular complexity index is 399. The number of thiazole rings is 1. The summed E-state index contributed by atoms with van der Waals surface area (Å²) in [6.07, 6.45) is 6.19. The van der Waals surface area contributed by atoms with E-state index >= 15 is 0 Å². The minimum absolute atomic E-state index is 0.236. The molecule has 3 nitrogen and oxygen atoms in total. The molecule has 100 valence electrons. The molecular formula is C13H20N2OS2. The van der Waals surface area contributed by atoms with E-state index in [1.165, 1.54) is 32.1 Å². The predicted molar refractivity (Wildman–Crippen MR) is 77.2 cm³/mol. The molecule has 0 spiro atoms. The summed E-state index contributed by atoms with van der Waals surface area (Å²) in [5.41, 5.74) is 1.04. The Kier molecular flexibility index (Phi) is 5.06. The van der Waals surface area contributed by atoms with Crippen LogP contribution < -0.4 is 0 Å². The quantitative estimate of drug-likeness (QED) is 0.795. The molecule has 1 saturated carbocycles. The number of hydrogen-bond donors (Lipinski definition) is 0. The number of aromatic nitrogens is 1. The van der Waals surface area contributed by atoms with Crippen LogP contribution in [0.1, 0.15) is 37.8 Å². The maximum Gasteiger partial charge on any atom is 0.233 e. The van der Waals surface area contributed by atoms with Crippen molar-refractivity contribution in [2.75, 3.05) is 12.8 Å². The number of aryl methyl sites for hydroxylation is 1. The van der Waals surface area contributed by atoms with Gasteiger partial charge in [0, 0.05) is 24.2 Å². The first kappa shape index (κ1) is 13.9. The number of amides is 1. The Hall–Kier alpha value is -0.550. The van der Waals surface area contributed by atoms with Gasteiger partial charge in [0.2, 0.25) is 5.91 Å². The van der Waals surface area contributed by atoms with Crippen LogP contribution in [-0.2, 0) is 4.79 Å². The fraction of sp³-hybridized carbons (Fsp3) is 0.692. The van der Waals surface area contributed by atoms with Gasteiger partial charge in [-0.1, -0.05) is 31.0 Å². The van der Waals surface area contributed by atoms with Gasteiger partial charge in [0.1, 0.15) is 0 Å². The summed E-state index contributed by atoms with van der Waals surface area (Å²) >= 11 is 3.18. The molecule has 2 rings (SSSR count). The molecular weight excluding hydrogens is 264 g/mol. The standard InChI is InChI=1S/C13H20N2OS2/c1-10-8-17-13(14-10)18-9-12(16)15(2)11-6-4-3-5-7-11/h8,11H,3-7,9H2,1-2H3. The van der Waals surface area contributed by atoms with Gasteiger partial charge in [-0.2, -0.15) is 0 Å². The zero-order chi connectivity index (χ0) is 13.0. The van der Waals surface area contributed by atoms with Gasteiger partial charge in [-0.15, -0.1) is 11.3 Å². The molecule has 0 aromatic carbocycles. The highest BCUT2D eigenvalue weighted by Crippen LogP contribution is 2.25. The molecule has 0 aliphatic heterocycles. The molecule has 0 atom stereocenters. The van der Waals surface area contributed by atoms with Gasteiger partial charge in [0.15, 0.2) is 4.34 Å². The molecule has 18 heavy (non-hydrogen) atoms. The lowest BCUT2D eigenvalue weighted by Crippen LogP contribution is -2.39. The first-order valence-corrected chi connectivity index (χ1v) is 8.34. The van der Waals surface area contributed by atoms with Crippen molar-refractivity contribution in [2.45, 2.75) is 49.4 Å². The van der Waals surface area contributed by atoms with E-state index in [4.69, 9.17) is 0 Å². The third-order valence-corrected chi connectivity index (χ3v) is 5.56. The maximum atomic E-state index is 12.1. The van der Waals surface area contributed by atoms with Crippen LogP contribution in [0.25, 0.3) is 0 Å². The van der Waals surface area contributed by atoms with Crippen molar-refractivity contribution in [3.05, 3.63) is 11.1 Å². The smallest absolute Gasteiger partial charge is 0.233 e. The van der Waals surface area contributed by atoms with E-state index in [-0.39, 0.29) is 5.91 Å². The second-order valence-electron chi connectivity index (χ2n) is 4.84. The topological polar surface area (TPSA) is 33.2 Å². The summed E-state index contributed by atoms with van der Waals surface area (Å²) < 4.78 is 0.998. The summed E-state index contributed by atoms with van der Waals surface area (Å²) in [6, 6.07) is 0.463. The summed E-state index contributed by atoms with van der Waals surface area (Å²) in [5.74, 6) is 0.750. The highest BCUT2D eigenvalue weighted by molar-refractivity contribution is 8.01. The van der Waals surface area contributed by atoms with Crippen molar-refractivity contribution in [3.63, 3.8) is 0 Å². The minimum Gasteiger partial charge on any atom is -0.342 e. The van der Waals surface area contributed by atoms with Crippen LogP contribution in [0.2, 0.25) is 0 Å². The third kappa shape index (κ3) is 3.72. The lowest BCUT2D eigenvalue weighted by molar-refractivity contribution is -0.129. The second-order valence-corrected chi connectivity index (χ2v) is 6.92. The van der Waals surface area contributed by atoms with Crippen LogP contribution in [-0.4, -0.2) is 34.6 Å². The average Bonchev–Trinajstić information content (AvgIpc) is 2.82. The van der Waals surface area contributed by atoms with Gasteiger partial charge in [-0.3, -0.25) is 4.79 Å². The van der Waals surface area contributed by atoms with Crippen LogP contribution in [0.15, 0.2) is 9.72 Å². The van der Waals surface area contributed by atoms with Gasteiger partial charge < -0.3 is 4.90 Å². The summed E-state index contributed by atoms with van der Waals surface area (Å²) in [4.78, 5) is 18.4. The summed E-state index contributed by atoms with van der Waals surface area (Å²) in [7, 11) is 1.95. The zero-order valence-electron chi connectivity index (χ0n) is 11.0. The van der Waals surface area contributed by atoms with Gasteiger partial charge in [0.25, 0.3) is 0 Å². The van der Waals surface area contributed by atoms with Gasteiger partial charge in [0.05, 0.1) is 5.75 Å².